The highest BCUT2D eigenvalue weighted by molar-refractivity contribution is 8.00. The summed E-state index contributed by atoms with van der Waals surface area (Å²) in [5.74, 6) is -0.0539. The highest BCUT2D eigenvalue weighted by atomic mass is 32.2. The van der Waals surface area contributed by atoms with E-state index in [1.807, 2.05) is 32.8 Å². The molecule has 0 aliphatic rings. The minimum Gasteiger partial charge on any atom is -0.354 e. The molecular weight excluding hydrogens is 408 g/mol. The molecule has 0 fully saturated rings. The number of carbonyl (C=O) groups excluding carboxylic acids is 1. The van der Waals surface area contributed by atoms with E-state index < -0.39 is 0 Å². The minimum atomic E-state index is -0.338. The number of rotatable bonds is 8. The molecule has 1 amide bonds. The Bertz CT molecular complexity index is 959. The zero-order valence-corrected chi connectivity index (χ0v) is 20.9. The molecule has 0 spiro atoms. The standard InChI is InChI=1S/C24H36N4O2S/c1-16-20(15-18-9-11-19(12-10-18)24(3,4)5)22(30)28(8)23(26-16)31-17(2)21(29)25-13-14-27(6)7/h9-12,17H,13-15H2,1-8H3,(H,25,29). The van der Waals surface area contributed by atoms with Crippen molar-refractivity contribution in [2.75, 3.05) is 27.2 Å². The van der Waals surface area contributed by atoms with Gasteiger partial charge >= 0.3 is 0 Å². The van der Waals surface area contributed by atoms with E-state index in [0.717, 1.165) is 12.1 Å². The highest BCUT2D eigenvalue weighted by Crippen LogP contribution is 2.24. The first-order valence-corrected chi connectivity index (χ1v) is 11.5. The lowest BCUT2D eigenvalue weighted by atomic mass is 9.86. The van der Waals surface area contributed by atoms with Crippen LogP contribution in [-0.4, -0.2) is 52.8 Å². The van der Waals surface area contributed by atoms with Crippen molar-refractivity contribution in [1.82, 2.24) is 19.8 Å². The van der Waals surface area contributed by atoms with Gasteiger partial charge in [-0.3, -0.25) is 14.2 Å². The van der Waals surface area contributed by atoms with Crippen molar-refractivity contribution < 1.29 is 4.79 Å². The molecule has 1 atom stereocenters. The number of carbonyl (C=O) groups is 1. The minimum absolute atomic E-state index is 0.0539. The van der Waals surface area contributed by atoms with Crippen LogP contribution in [0.4, 0.5) is 0 Å². The van der Waals surface area contributed by atoms with Gasteiger partial charge in [0.05, 0.1) is 5.25 Å². The smallest absolute Gasteiger partial charge is 0.257 e. The summed E-state index contributed by atoms with van der Waals surface area (Å²) in [6, 6.07) is 8.43. The number of aromatic nitrogens is 2. The van der Waals surface area contributed by atoms with Crippen LogP contribution in [-0.2, 0) is 23.7 Å². The fourth-order valence-electron chi connectivity index (χ4n) is 3.12. The van der Waals surface area contributed by atoms with Gasteiger partial charge in [-0.25, -0.2) is 4.98 Å². The lowest BCUT2D eigenvalue weighted by Gasteiger charge is -2.19. The number of nitrogens with one attached hydrogen (secondary N) is 1. The summed E-state index contributed by atoms with van der Waals surface area (Å²) in [5.41, 5.74) is 3.80. The molecule has 0 aliphatic carbocycles. The molecule has 0 bridgehead atoms. The Morgan fingerprint density at radius 2 is 1.84 bits per heavy atom. The van der Waals surface area contributed by atoms with Crippen LogP contribution >= 0.6 is 11.8 Å². The van der Waals surface area contributed by atoms with Crippen molar-refractivity contribution in [3.8, 4) is 0 Å². The van der Waals surface area contributed by atoms with Crippen LogP contribution in [0.3, 0.4) is 0 Å². The topological polar surface area (TPSA) is 67.2 Å². The summed E-state index contributed by atoms with van der Waals surface area (Å²) in [7, 11) is 5.65. The number of aryl methyl sites for hydroxylation is 1. The maximum Gasteiger partial charge on any atom is 0.257 e. The summed E-state index contributed by atoms with van der Waals surface area (Å²) in [5, 5.41) is 3.15. The highest BCUT2D eigenvalue weighted by Gasteiger charge is 2.20. The number of hydrogen-bond donors (Lipinski definition) is 1. The maximum absolute atomic E-state index is 13.0. The van der Waals surface area contributed by atoms with Gasteiger partial charge < -0.3 is 10.2 Å². The van der Waals surface area contributed by atoms with Crippen molar-refractivity contribution in [1.29, 1.82) is 0 Å². The van der Waals surface area contributed by atoms with Crippen molar-refractivity contribution >= 4 is 17.7 Å². The molecule has 2 aromatic rings. The normalized spacial score (nSPS) is 12.8. The van der Waals surface area contributed by atoms with Crippen molar-refractivity contribution in [2.24, 2.45) is 7.05 Å². The van der Waals surface area contributed by atoms with Crippen molar-refractivity contribution in [2.45, 2.75) is 56.9 Å². The van der Waals surface area contributed by atoms with Crippen molar-refractivity contribution in [3.05, 3.63) is 57.0 Å². The molecule has 1 heterocycles. The first-order valence-electron chi connectivity index (χ1n) is 10.6. The third-order valence-corrected chi connectivity index (χ3v) is 6.40. The molecule has 31 heavy (non-hydrogen) atoms. The van der Waals surface area contributed by atoms with Gasteiger partial charge in [-0.1, -0.05) is 56.8 Å². The Balaban J connectivity index is 2.15. The number of nitrogens with zero attached hydrogens (tertiary/aromatic N) is 3. The average Bonchev–Trinajstić information content (AvgIpc) is 2.68. The van der Waals surface area contributed by atoms with E-state index in [1.54, 1.807) is 11.6 Å². The molecule has 1 unspecified atom stereocenters. The molecule has 1 aromatic carbocycles. The Morgan fingerprint density at radius 1 is 1.23 bits per heavy atom. The second-order valence-electron chi connectivity index (χ2n) is 9.30. The molecule has 0 saturated heterocycles. The van der Waals surface area contributed by atoms with E-state index in [-0.39, 0.29) is 22.1 Å². The number of hydrogen-bond acceptors (Lipinski definition) is 5. The van der Waals surface area contributed by atoms with Gasteiger partial charge in [0.2, 0.25) is 5.91 Å². The lowest BCUT2D eigenvalue weighted by molar-refractivity contribution is -0.120. The largest absolute Gasteiger partial charge is 0.354 e. The molecular formula is C24H36N4O2S. The van der Waals surface area contributed by atoms with Crippen molar-refractivity contribution in [3.63, 3.8) is 0 Å². The van der Waals surface area contributed by atoms with E-state index in [9.17, 15) is 9.59 Å². The van der Waals surface area contributed by atoms with Crippen LogP contribution in [0.15, 0.2) is 34.2 Å². The summed E-state index contributed by atoms with van der Waals surface area (Å²) < 4.78 is 1.56. The fraction of sp³-hybridized carbons (Fsp3) is 0.542. The third kappa shape index (κ3) is 6.94. The Kier molecular flexibility index (Phi) is 8.49. The monoisotopic (exact) mass is 444 g/mol. The summed E-state index contributed by atoms with van der Waals surface area (Å²) in [6.07, 6.45) is 0.543. The zero-order chi connectivity index (χ0) is 23.3. The second kappa shape index (κ2) is 10.5. The quantitative estimate of drug-likeness (QED) is 0.500. The van der Waals surface area contributed by atoms with Gasteiger partial charge in [0.1, 0.15) is 0 Å². The Morgan fingerprint density at radius 3 is 2.39 bits per heavy atom. The predicted molar refractivity (Wildman–Crippen MR) is 129 cm³/mol. The first-order chi connectivity index (χ1) is 14.4. The third-order valence-electron chi connectivity index (χ3n) is 5.26. The number of thioether (sulfide) groups is 1. The zero-order valence-electron chi connectivity index (χ0n) is 20.1. The van der Waals surface area contributed by atoms with Gasteiger partial charge in [0.15, 0.2) is 5.16 Å². The molecule has 7 heteroatoms. The van der Waals surface area contributed by atoms with Crippen LogP contribution in [0.25, 0.3) is 0 Å². The van der Waals surface area contributed by atoms with Crippen LogP contribution in [0.5, 0.6) is 0 Å². The molecule has 6 nitrogen and oxygen atoms in total. The summed E-state index contributed by atoms with van der Waals surface area (Å²) >= 11 is 1.31. The van der Waals surface area contributed by atoms with E-state index in [1.165, 1.54) is 17.3 Å². The van der Waals surface area contributed by atoms with Gasteiger partial charge in [-0.05, 0) is 44.5 Å². The SMILES string of the molecule is Cc1nc(SC(C)C(=O)NCCN(C)C)n(C)c(=O)c1Cc1ccc(C(C)(C)C)cc1. The maximum atomic E-state index is 13.0. The van der Waals surface area contributed by atoms with E-state index in [4.69, 9.17) is 0 Å². The van der Waals surface area contributed by atoms with E-state index in [0.29, 0.717) is 29.4 Å². The summed E-state index contributed by atoms with van der Waals surface area (Å²) in [4.78, 5) is 32.1. The van der Waals surface area contributed by atoms with Gasteiger partial charge in [0.25, 0.3) is 5.56 Å². The number of benzene rings is 1. The number of likely N-dealkylation sites (N-methyl/N-ethyl adjacent to an activating group) is 1. The van der Waals surface area contributed by atoms with Gasteiger partial charge in [-0.2, -0.15) is 0 Å². The molecule has 0 radical (unpaired) electrons. The Labute approximate surface area is 190 Å². The summed E-state index contributed by atoms with van der Waals surface area (Å²) in [6.45, 7) is 11.6. The van der Waals surface area contributed by atoms with Gasteiger partial charge in [-0.15, -0.1) is 0 Å². The average molecular weight is 445 g/mol. The van der Waals surface area contributed by atoms with Gasteiger partial charge in [0, 0.05) is 37.8 Å². The second-order valence-corrected chi connectivity index (χ2v) is 10.6. The lowest BCUT2D eigenvalue weighted by Crippen LogP contribution is -2.36. The van der Waals surface area contributed by atoms with Crippen LogP contribution in [0.2, 0.25) is 0 Å². The molecule has 0 aliphatic heterocycles. The molecule has 1 aromatic heterocycles. The van der Waals surface area contributed by atoms with E-state index >= 15 is 0 Å². The van der Waals surface area contributed by atoms with Crippen LogP contribution < -0.4 is 10.9 Å². The van der Waals surface area contributed by atoms with E-state index in [2.05, 4.69) is 55.3 Å². The first kappa shape index (κ1) is 25.1. The predicted octanol–water partition coefficient (Wildman–Crippen LogP) is 3.14. The van der Waals surface area contributed by atoms with Crippen LogP contribution in [0, 0.1) is 6.92 Å². The molecule has 2 rings (SSSR count). The number of amides is 1. The van der Waals surface area contributed by atoms with Crippen LogP contribution in [0.1, 0.15) is 50.1 Å². The molecule has 0 saturated carbocycles. The fourth-order valence-corrected chi connectivity index (χ4v) is 4.06. The Hall–Kier alpha value is -2.12. The molecule has 1 N–H and O–H groups in total. The molecule has 170 valence electrons.